The Bertz CT molecular complexity index is 1380. The molecule has 2 aromatic heterocycles. The molecule has 2 N–H and O–H groups in total. The van der Waals surface area contributed by atoms with Crippen LogP contribution >= 0.6 is 0 Å². The van der Waals surface area contributed by atoms with E-state index < -0.39 is 0 Å². The van der Waals surface area contributed by atoms with E-state index in [0.717, 1.165) is 71.8 Å². The van der Waals surface area contributed by atoms with E-state index in [2.05, 4.69) is 69.6 Å². The average Bonchev–Trinajstić information content (AvgIpc) is 3.35. The lowest BCUT2D eigenvalue weighted by molar-refractivity contribution is 0.0342. The SMILES string of the molecule is Cc1c(Nc2c(C#N)cncc2/C=C/c2cccc(CN3CCOCC3)c2)ccc2[nH]ccc12. The average molecular weight is 450 g/mol. The van der Waals surface area contributed by atoms with E-state index in [-0.39, 0.29) is 0 Å². The predicted molar refractivity (Wildman–Crippen MR) is 137 cm³/mol. The molecular formula is C28H27N5O. The first kappa shape index (κ1) is 21.9. The molecule has 0 radical (unpaired) electrons. The van der Waals surface area contributed by atoms with Crippen molar-refractivity contribution in [2.75, 3.05) is 31.6 Å². The zero-order valence-electron chi connectivity index (χ0n) is 19.2. The number of anilines is 2. The van der Waals surface area contributed by atoms with E-state index in [1.807, 2.05) is 24.4 Å². The molecule has 3 heterocycles. The first-order valence-electron chi connectivity index (χ1n) is 11.5. The van der Waals surface area contributed by atoms with E-state index in [1.54, 1.807) is 12.4 Å². The topological polar surface area (TPSA) is 77.0 Å². The minimum atomic E-state index is 0.511. The van der Waals surface area contributed by atoms with Crippen molar-refractivity contribution in [1.82, 2.24) is 14.9 Å². The molecular weight excluding hydrogens is 422 g/mol. The highest BCUT2D eigenvalue weighted by molar-refractivity contribution is 5.90. The third-order valence-corrected chi connectivity index (χ3v) is 6.28. The van der Waals surface area contributed by atoms with Gasteiger partial charge in [-0.25, -0.2) is 0 Å². The summed E-state index contributed by atoms with van der Waals surface area (Å²) in [4.78, 5) is 9.95. The molecule has 1 aliphatic rings. The Hall–Kier alpha value is -3.92. The van der Waals surface area contributed by atoms with Crippen LogP contribution in [0, 0.1) is 18.3 Å². The lowest BCUT2D eigenvalue weighted by atomic mass is 10.1. The smallest absolute Gasteiger partial charge is 0.103 e. The van der Waals surface area contributed by atoms with Gasteiger partial charge < -0.3 is 15.0 Å². The van der Waals surface area contributed by atoms with Crippen molar-refractivity contribution < 1.29 is 4.74 Å². The lowest BCUT2D eigenvalue weighted by Gasteiger charge is -2.26. The molecule has 0 bridgehead atoms. The predicted octanol–water partition coefficient (Wildman–Crippen LogP) is 5.49. The van der Waals surface area contributed by atoms with Gasteiger partial charge in [-0.05, 0) is 41.8 Å². The van der Waals surface area contributed by atoms with Gasteiger partial charge in [-0.2, -0.15) is 5.26 Å². The molecule has 1 saturated heterocycles. The summed E-state index contributed by atoms with van der Waals surface area (Å²) in [7, 11) is 0. The van der Waals surface area contributed by atoms with Crippen molar-refractivity contribution >= 4 is 34.4 Å². The van der Waals surface area contributed by atoms with E-state index in [9.17, 15) is 5.26 Å². The van der Waals surface area contributed by atoms with Crippen molar-refractivity contribution in [3.05, 3.63) is 88.9 Å². The number of aromatic amines is 1. The maximum Gasteiger partial charge on any atom is 0.103 e. The van der Waals surface area contributed by atoms with Crippen LogP contribution in [0.1, 0.15) is 27.8 Å². The molecule has 0 aliphatic carbocycles. The van der Waals surface area contributed by atoms with E-state index in [1.165, 1.54) is 5.56 Å². The van der Waals surface area contributed by atoms with Crippen LogP contribution in [0.3, 0.4) is 0 Å². The molecule has 0 unspecified atom stereocenters. The Morgan fingerprint density at radius 3 is 2.88 bits per heavy atom. The molecule has 0 amide bonds. The van der Waals surface area contributed by atoms with Gasteiger partial charge in [-0.1, -0.05) is 36.4 Å². The molecule has 1 fully saturated rings. The van der Waals surface area contributed by atoms with Crippen LogP contribution in [-0.2, 0) is 11.3 Å². The summed E-state index contributed by atoms with van der Waals surface area (Å²) in [6.07, 6.45) is 9.44. The lowest BCUT2D eigenvalue weighted by Crippen LogP contribution is -2.35. The first-order valence-corrected chi connectivity index (χ1v) is 11.5. The number of pyridine rings is 1. The van der Waals surface area contributed by atoms with Crippen LogP contribution in [0.15, 0.2) is 61.1 Å². The third-order valence-electron chi connectivity index (χ3n) is 6.28. The molecule has 170 valence electrons. The van der Waals surface area contributed by atoms with E-state index in [0.29, 0.717) is 5.56 Å². The van der Waals surface area contributed by atoms with Gasteiger partial charge in [0.15, 0.2) is 0 Å². The van der Waals surface area contributed by atoms with Crippen molar-refractivity contribution in [2.45, 2.75) is 13.5 Å². The number of hydrogen-bond acceptors (Lipinski definition) is 5. The number of hydrogen-bond donors (Lipinski definition) is 2. The largest absolute Gasteiger partial charge is 0.379 e. The fraction of sp³-hybridized carbons (Fsp3) is 0.214. The molecule has 0 atom stereocenters. The number of H-pyrrole nitrogens is 1. The molecule has 0 saturated carbocycles. The summed E-state index contributed by atoms with van der Waals surface area (Å²) in [5.74, 6) is 0. The van der Waals surface area contributed by atoms with Crippen molar-refractivity contribution in [3.8, 4) is 6.07 Å². The second-order valence-electron chi connectivity index (χ2n) is 8.53. The van der Waals surface area contributed by atoms with Crippen LogP contribution in [0.5, 0.6) is 0 Å². The number of rotatable bonds is 6. The van der Waals surface area contributed by atoms with Crippen LogP contribution in [0.2, 0.25) is 0 Å². The summed E-state index contributed by atoms with van der Waals surface area (Å²) in [6.45, 7) is 6.54. The van der Waals surface area contributed by atoms with Gasteiger partial charge in [0.05, 0.1) is 24.5 Å². The fourth-order valence-electron chi connectivity index (χ4n) is 4.38. The maximum absolute atomic E-state index is 9.73. The number of nitrogens with zero attached hydrogens (tertiary/aromatic N) is 3. The van der Waals surface area contributed by atoms with Crippen LogP contribution in [0.4, 0.5) is 11.4 Å². The molecule has 2 aromatic carbocycles. The zero-order chi connectivity index (χ0) is 23.3. The highest BCUT2D eigenvalue weighted by atomic mass is 16.5. The molecule has 0 spiro atoms. The summed E-state index contributed by atoms with van der Waals surface area (Å²) in [5, 5.41) is 14.4. The number of nitrogens with one attached hydrogen (secondary N) is 2. The normalized spacial score (nSPS) is 14.5. The van der Waals surface area contributed by atoms with Crippen LogP contribution in [-0.4, -0.2) is 41.2 Å². The molecule has 1 aliphatic heterocycles. The van der Waals surface area contributed by atoms with Gasteiger partial charge in [0.1, 0.15) is 6.07 Å². The summed E-state index contributed by atoms with van der Waals surface area (Å²) in [5.41, 5.74) is 7.72. The Balaban J connectivity index is 1.41. The number of nitriles is 1. The number of fused-ring (bicyclic) bond motifs is 1. The van der Waals surface area contributed by atoms with Crippen molar-refractivity contribution in [2.24, 2.45) is 0 Å². The maximum atomic E-state index is 9.73. The fourth-order valence-corrected chi connectivity index (χ4v) is 4.38. The van der Waals surface area contributed by atoms with E-state index >= 15 is 0 Å². The Labute approximate surface area is 199 Å². The monoisotopic (exact) mass is 449 g/mol. The Morgan fingerprint density at radius 1 is 1.15 bits per heavy atom. The molecule has 4 aromatic rings. The van der Waals surface area contributed by atoms with Crippen molar-refractivity contribution in [1.29, 1.82) is 5.26 Å². The minimum Gasteiger partial charge on any atom is -0.379 e. The number of benzene rings is 2. The van der Waals surface area contributed by atoms with Gasteiger partial charge in [0, 0.05) is 60.4 Å². The standard InChI is InChI=1S/C28H27N5O/c1-20-25-9-10-31-27(25)8-7-26(20)32-28-23(17-30-18-24(28)16-29)6-5-21-3-2-4-22(15-21)19-33-11-13-34-14-12-33/h2-10,15,17-18,31H,11-14,19H2,1H3,(H,30,32)/b6-5+. The van der Waals surface area contributed by atoms with Gasteiger partial charge in [-0.3, -0.25) is 9.88 Å². The third kappa shape index (κ3) is 4.72. The highest BCUT2D eigenvalue weighted by Crippen LogP contribution is 2.31. The molecule has 34 heavy (non-hydrogen) atoms. The van der Waals surface area contributed by atoms with Crippen molar-refractivity contribution in [3.63, 3.8) is 0 Å². The van der Waals surface area contributed by atoms with Gasteiger partial charge >= 0.3 is 0 Å². The van der Waals surface area contributed by atoms with Gasteiger partial charge in [0.2, 0.25) is 0 Å². The number of morpholine rings is 1. The Kier molecular flexibility index (Phi) is 6.39. The van der Waals surface area contributed by atoms with Gasteiger partial charge in [0.25, 0.3) is 0 Å². The zero-order valence-corrected chi connectivity index (χ0v) is 19.2. The Morgan fingerprint density at radius 2 is 2.03 bits per heavy atom. The summed E-state index contributed by atoms with van der Waals surface area (Å²) in [6, 6.07) is 17.0. The quantitative estimate of drug-likeness (QED) is 0.407. The van der Waals surface area contributed by atoms with Crippen LogP contribution in [0.25, 0.3) is 23.1 Å². The summed E-state index contributed by atoms with van der Waals surface area (Å²) < 4.78 is 5.46. The molecule has 6 nitrogen and oxygen atoms in total. The number of aryl methyl sites for hydroxylation is 1. The van der Waals surface area contributed by atoms with Gasteiger partial charge in [-0.15, -0.1) is 0 Å². The number of aromatic nitrogens is 2. The first-order chi connectivity index (χ1) is 16.7. The molecule has 6 heteroatoms. The number of ether oxygens (including phenoxy) is 1. The second-order valence-corrected chi connectivity index (χ2v) is 8.53. The molecule has 5 rings (SSSR count). The second kappa shape index (κ2) is 9.92. The highest BCUT2D eigenvalue weighted by Gasteiger charge is 2.12. The summed E-state index contributed by atoms with van der Waals surface area (Å²) >= 11 is 0. The van der Waals surface area contributed by atoms with Crippen LogP contribution < -0.4 is 5.32 Å². The van der Waals surface area contributed by atoms with E-state index in [4.69, 9.17) is 4.74 Å². The minimum absolute atomic E-state index is 0.511.